The van der Waals surface area contributed by atoms with Gasteiger partial charge in [0.25, 0.3) is 0 Å². The third-order valence-electron chi connectivity index (χ3n) is 2.39. The third-order valence-corrected chi connectivity index (χ3v) is 3.21. The summed E-state index contributed by atoms with van der Waals surface area (Å²) in [6.45, 7) is 7.80. The summed E-state index contributed by atoms with van der Waals surface area (Å²) in [5.74, 6) is 0. The lowest BCUT2D eigenvalue weighted by Gasteiger charge is -2.21. The van der Waals surface area contributed by atoms with Crippen LogP contribution in [0.2, 0.25) is 0 Å². The van der Waals surface area contributed by atoms with E-state index in [2.05, 4.69) is 36.5 Å². The van der Waals surface area contributed by atoms with Crippen molar-refractivity contribution in [2.75, 3.05) is 13.7 Å². The Morgan fingerprint density at radius 1 is 1.53 bits per heavy atom. The lowest BCUT2D eigenvalue weighted by molar-refractivity contribution is 0.121. The second kappa shape index (κ2) is 5.58. The van der Waals surface area contributed by atoms with Crippen LogP contribution in [0.5, 0.6) is 0 Å². The van der Waals surface area contributed by atoms with Gasteiger partial charge in [0.05, 0.1) is 17.8 Å². The van der Waals surface area contributed by atoms with Crippen molar-refractivity contribution in [3.63, 3.8) is 0 Å². The summed E-state index contributed by atoms with van der Waals surface area (Å²) in [4.78, 5) is 4.56. The smallest absolute Gasteiger partial charge is 0.119 e. The second-order valence-corrected chi connectivity index (χ2v) is 5.00. The van der Waals surface area contributed by atoms with Gasteiger partial charge in [-0.1, -0.05) is 6.92 Å². The van der Waals surface area contributed by atoms with Crippen molar-refractivity contribution in [1.82, 2.24) is 10.3 Å². The number of nitrogens with one attached hydrogen (secondary N) is 1. The van der Waals surface area contributed by atoms with Crippen molar-refractivity contribution >= 4 is 11.3 Å². The van der Waals surface area contributed by atoms with Gasteiger partial charge in [0.1, 0.15) is 5.01 Å². The van der Waals surface area contributed by atoms with Gasteiger partial charge in [-0.3, -0.25) is 0 Å². The number of ether oxygens (including phenoxy) is 1. The highest BCUT2D eigenvalue weighted by Gasteiger charge is 2.20. The molecule has 1 heterocycles. The van der Waals surface area contributed by atoms with Gasteiger partial charge in [-0.05, 0) is 27.3 Å². The van der Waals surface area contributed by atoms with Crippen molar-refractivity contribution in [1.29, 1.82) is 0 Å². The van der Waals surface area contributed by atoms with Crippen molar-refractivity contribution in [3.05, 3.63) is 16.1 Å². The molecule has 86 valence electrons. The normalized spacial score (nSPS) is 12.0. The van der Waals surface area contributed by atoms with Crippen LogP contribution in [-0.4, -0.2) is 18.6 Å². The molecule has 1 N–H and O–H groups in total. The number of rotatable bonds is 6. The Labute approximate surface area is 95.9 Å². The fourth-order valence-corrected chi connectivity index (χ4v) is 1.99. The van der Waals surface area contributed by atoms with Gasteiger partial charge in [0, 0.05) is 12.0 Å². The molecule has 15 heavy (non-hydrogen) atoms. The van der Waals surface area contributed by atoms with Crippen LogP contribution in [0.3, 0.4) is 0 Å². The molecule has 0 unspecified atom stereocenters. The first-order chi connectivity index (χ1) is 7.10. The first kappa shape index (κ1) is 12.6. The van der Waals surface area contributed by atoms with Crippen LogP contribution < -0.4 is 5.32 Å². The molecular formula is C11H20N2OS. The number of nitrogens with zero attached hydrogens (tertiary/aromatic N) is 1. The van der Waals surface area contributed by atoms with E-state index in [1.54, 1.807) is 11.3 Å². The minimum absolute atomic E-state index is 0.0560. The van der Waals surface area contributed by atoms with E-state index in [0.29, 0.717) is 6.61 Å². The van der Waals surface area contributed by atoms with E-state index in [9.17, 15) is 0 Å². The molecule has 1 aromatic heterocycles. The van der Waals surface area contributed by atoms with E-state index >= 15 is 0 Å². The number of thiazole rings is 1. The summed E-state index contributed by atoms with van der Waals surface area (Å²) in [5.41, 5.74) is 1.03. The standard InChI is InChI=1S/C11H20N2OS/c1-5-6-14-7-10-13-9(8-15-10)11(2,3)12-4/h8,12H,5-7H2,1-4H3. The van der Waals surface area contributed by atoms with Crippen molar-refractivity contribution in [2.24, 2.45) is 0 Å². The van der Waals surface area contributed by atoms with Crippen LogP contribution in [0.25, 0.3) is 0 Å². The average molecular weight is 228 g/mol. The summed E-state index contributed by atoms with van der Waals surface area (Å²) < 4.78 is 5.46. The molecule has 0 spiro atoms. The quantitative estimate of drug-likeness (QED) is 0.760. The molecule has 0 aliphatic carbocycles. The SMILES string of the molecule is CCCOCc1nc(C(C)(C)NC)cs1. The Hall–Kier alpha value is -0.450. The largest absolute Gasteiger partial charge is 0.374 e. The Morgan fingerprint density at radius 2 is 2.27 bits per heavy atom. The third kappa shape index (κ3) is 3.55. The first-order valence-electron chi connectivity index (χ1n) is 5.31. The molecule has 1 aromatic rings. The van der Waals surface area contributed by atoms with Crippen molar-refractivity contribution < 1.29 is 4.74 Å². The molecule has 0 aromatic carbocycles. The van der Waals surface area contributed by atoms with Crippen LogP contribution in [0.1, 0.15) is 37.9 Å². The molecular weight excluding hydrogens is 208 g/mol. The van der Waals surface area contributed by atoms with Gasteiger partial charge in [-0.2, -0.15) is 0 Å². The number of hydrogen-bond acceptors (Lipinski definition) is 4. The molecule has 0 bridgehead atoms. The van der Waals surface area contributed by atoms with Crippen LogP contribution >= 0.6 is 11.3 Å². The zero-order chi connectivity index (χ0) is 11.3. The Balaban J connectivity index is 2.56. The van der Waals surface area contributed by atoms with E-state index in [0.717, 1.165) is 23.7 Å². The van der Waals surface area contributed by atoms with E-state index in [-0.39, 0.29) is 5.54 Å². The van der Waals surface area contributed by atoms with Gasteiger partial charge in [-0.25, -0.2) is 4.98 Å². The molecule has 0 aliphatic rings. The Bertz CT molecular complexity index is 297. The molecule has 0 amide bonds. The summed E-state index contributed by atoms with van der Waals surface area (Å²) in [7, 11) is 1.95. The monoisotopic (exact) mass is 228 g/mol. The maximum atomic E-state index is 5.46. The summed E-state index contributed by atoms with van der Waals surface area (Å²) >= 11 is 1.67. The predicted octanol–water partition coefficient (Wildman–Crippen LogP) is 2.52. The van der Waals surface area contributed by atoms with Crippen molar-refractivity contribution in [2.45, 2.75) is 39.3 Å². The lowest BCUT2D eigenvalue weighted by atomic mass is 10.0. The Morgan fingerprint density at radius 3 is 2.87 bits per heavy atom. The minimum atomic E-state index is -0.0560. The molecule has 4 heteroatoms. The van der Waals surface area contributed by atoms with Crippen LogP contribution in [-0.2, 0) is 16.9 Å². The molecule has 0 radical (unpaired) electrons. The van der Waals surface area contributed by atoms with Crippen LogP contribution in [0.15, 0.2) is 5.38 Å². The zero-order valence-corrected chi connectivity index (χ0v) is 10.8. The van der Waals surface area contributed by atoms with E-state index in [1.807, 2.05) is 7.05 Å². The summed E-state index contributed by atoms with van der Waals surface area (Å²) in [5, 5.41) is 6.40. The zero-order valence-electron chi connectivity index (χ0n) is 9.96. The molecule has 0 saturated carbocycles. The highest BCUT2D eigenvalue weighted by Crippen LogP contribution is 2.22. The molecule has 1 rings (SSSR count). The van der Waals surface area contributed by atoms with Crippen LogP contribution in [0.4, 0.5) is 0 Å². The van der Waals surface area contributed by atoms with Gasteiger partial charge in [0.15, 0.2) is 0 Å². The fourth-order valence-electron chi connectivity index (χ4n) is 1.10. The van der Waals surface area contributed by atoms with Gasteiger partial charge >= 0.3 is 0 Å². The summed E-state index contributed by atoms with van der Waals surface area (Å²) in [6.07, 6.45) is 1.06. The first-order valence-corrected chi connectivity index (χ1v) is 6.19. The lowest BCUT2D eigenvalue weighted by Crippen LogP contribution is -2.33. The second-order valence-electron chi connectivity index (χ2n) is 4.05. The maximum Gasteiger partial charge on any atom is 0.119 e. The molecule has 0 atom stereocenters. The molecule has 0 fully saturated rings. The van der Waals surface area contributed by atoms with Crippen LogP contribution in [0, 0.1) is 0 Å². The topological polar surface area (TPSA) is 34.1 Å². The molecule has 3 nitrogen and oxygen atoms in total. The predicted molar refractivity (Wildman–Crippen MR) is 64.1 cm³/mol. The average Bonchev–Trinajstić information content (AvgIpc) is 2.68. The molecule has 0 aliphatic heterocycles. The fraction of sp³-hybridized carbons (Fsp3) is 0.727. The van der Waals surface area contributed by atoms with Crippen molar-refractivity contribution in [3.8, 4) is 0 Å². The number of aromatic nitrogens is 1. The maximum absolute atomic E-state index is 5.46. The molecule has 0 saturated heterocycles. The minimum Gasteiger partial charge on any atom is -0.374 e. The Kier molecular flexibility index (Phi) is 4.70. The highest BCUT2D eigenvalue weighted by atomic mass is 32.1. The number of hydrogen-bond donors (Lipinski definition) is 1. The highest BCUT2D eigenvalue weighted by molar-refractivity contribution is 7.09. The summed E-state index contributed by atoms with van der Waals surface area (Å²) in [6, 6.07) is 0. The van der Waals surface area contributed by atoms with E-state index in [4.69, 9.17) is 4.74 Å². The van der Waals surface area contributed by atoms with Gasteiger partial charge in [-0.15, -0.1) is 11.3 Å². The van der Waals surface area contributed by atoms with E-state index < -0.39 is 0 Å². The van der Waals surface area contributed by atoms with Gasteiger partial charge < -0.3 is 10.1 Å². The van der Waals surface area contributed by atoms with Gasteiger partial charge in [0.2, 0.25) is 0 Å². The van der Waals surface area contributed by atoms with E-state index in [1.165, 1.54) is 0 Å².